The van der Waals surface area contributed by atoms with Crippen LogP contribution in [0.25, 0.3) is 0 Å². The topological polar surface area (TPSA) is 83.0 Å². The summed E-state index contributed by atoms with van der Waals surface area (Å²) >= 11 is 1.12. The van der Waals surface area contributed by atoms with Crippen molar-refractivity contribution in [1.82, 2.24) is 9.97 Å². The molecular weight excluding hydrogens is 264 g/mol. The second kappa shape index (κ2) is 7.99. The molecule has 19 heavy (non-hydrogen) atoms. The smallest absolute Gasteiger partial charge is 0.317 e. The van der Waals surface area contributed by atoms with E-state index in [9.17, 15) is 9.59 Å². The van der Waals surface area contributed by atoms with Gasteiger partial charge in [0.2, 0.25) is 0 Å². The number of aromatic amines is 1. The summed E-state index contributed by atoms with van der Waals surface area (Å²) in [7, 11) is 0. The van der Waals surface area contributed by atoms with Gasteiger partial charge in [0, 0.05) is 11.8 Å². The van der Waals surface area contributed by atoms with E-state index in [1.54, 1.807) is 0 Å². The fourth-order valence-electron chi connectivity index (χ4n) is 1.68. The number of nitrogens with zero attached hydrogens (tertiary/aromatic N) is 1. The van der Waals surface area contributed by atoms with Crippen LogP contribution in [0.5, 0.6) is 0 Å². The lowest BCUT2D eigenvalue weighted by Crippen LogP contribution is -2.18. The van der Waals surface area contributed by atoms with Crippen LogP contribution in [0, 0.1) is 0 Å². The Hall–Kier alpha value is -1.30. The summed E-state index contributed by atoms with van der Waals surface area (Å²) in [4.78, 5) is 29.6. The van der Waals surface area contributed by atoms with Gasteiger partial charge in [-0.1, -0.05) is 44.9 Å². The number of aromatic nitrogens is 2. The first kappa shape index (κ1) is 15.8. The number of aryl methyl sites for hydroxylation is 1. The highest BCUT2D eigenvalue weighted by molar-refractivity contribution is 8.00. The molecule has 0 spiro atoms. The summed E-state index contributed by atoms with van der Waals surface area (Å²) in [6.07, 6.45) is 4.01. The molecule has 0 saturated carbocycles. The normalized spacial score (nSPS) is 12.3. The molecule has 0 radical (unpaired) electrons. The number of unbranched alkanes of at least 4 members (excludes halogenated alkanes) is 1. The lowest BCUT2D eigenvalue weighted by molar-refractivity contribution is -0.136. The summed E-state index contributed by atoms with van der Waals surface area (Å²) in [5, 5.41) is 9.01. The van der Waals surface area contributed by atoms with Gasteiger partial charge in [-0.15, -0.1) is 0 Å². The van der Waals surface area contributed by atoms with Gasteiger partial charge in [0.05, 0.1) is 0 Å². The van der Waals surface area contributed by atoms with Gasteiger partial charge in [-0.2, -0.15) is 0 Å². The molecule has 1 aromatic heterocycles. The molecule has 2 N–H and O–H groups in total. The minimum absolute atomic E-state index is 0.222. The Bertz CT molecular complexity index is 473. The molecule has 0 amide bonds. The number of rotatable bonds is 8. The zero-order chi connectivity index (χ0) is 14.3. The van der Waals surface area contributed by atoms with E-state index in [2.05, 4.69) is 9.97 Å². The number of aliphatic carboxylic acids is 1. The van der Waals surface area contributed by atoms with E-state index < -0.39 is 11.2 Å². The second-order valence-electron chi connectivity index (χ2n) is 4.38. The second-order valence-corrected chi connectivity index (χ2v) is 5.57. The zero-order valence-electron chi connectivity index (χ0n) is 11.3. The molecule has 1 aromatic rings. The molecular formula is C13H20N2O3S. The van der Waals surface area contributed by atoms with Crippen molar-refractivity contribution in [2.24, 2.45) is 0 Å². The average Bonchev–Trinajstić information content (AvgIpc) is 2.33. The quantitative estimate of drug-likeness (QED) is 0.566. The summed E-state index contributed by atoms with van der Waals surface area (Å²) in [5.41, 5.74) is 0.494. The fraction of sp³-hybridized carbons (Fsp3) is 0.615. The van der Waals surface area contributed by atoms with Crippen LogP contribution in [0.15, 0.2) is 16.0 Å². The molecule has 1 rings (SSSR count). The van der Waals surface area contributed by atoms with Crippen LogP contribution in [-0.2, 0) is 11.2 Å². The number of H-pyrrole nitrogens is 1. The third kappa shape index (κ3) is 5.46. The van der Waals surface area contributed by atoms with Crippen molar-refractivity contribution in [2.75, 3.05) is 0 Å². The summed E-state index contributed by atoms with van der Waals surface area (Å²) < 4.78 is 0. The van der Waals surface area contributed by atoms with Crippen molar-refractivity contribution in [3.8, 4) is 0 Å². The number of carboxylic acid groups (broad SMARTS) is 1. The van der Waals surface area contributed by atoms with Crippen molar-refractivity contribution < 1.29 is 9.90 Å². The Balaban J connectivity index is 2.83. The van der Waals surface area contributed by atoms with E-state index >= 15 is 0 Å². The predicted octanol–water partition coefficient (Wildman–Crippen LogP) is 2.46. The number of carbonyl (C=O) groups is 1. The summed E-state index contributed by atoms with van der Waals surface area (Å²) in [6, 6.07) is 1.47. The summed E-state index contributed by atoms with van der Waals surface area (Å²) in [6.45, 7) is 4.03. The Morgan fingerprint density at radius 3 is 2.79 bits per heavy atom. The third-order valence-corrected chi connectivity index (χ3v) is 3.77. The Labute approximate surface area is 116 Å². The Kier molecular flexibility index (Phi) is 6.62. The standard InChI is InChI=1S/C13H20N2O3S/c1-3-5-7-10(12(17)18)19-13-14-9(6-4-2)8-11(16)15-13/h8,10H,3-7H2,1-2H3,(H,17,18)(H,14,15,16). The molecule has 0 aliphatic carbocycles. The van der Waals surface area contributed by atoms with Gasteiger partial charge in [-0.25, -0.2) is 4.98 Å². The van der Waals surface area contributed by atoms with Gasteiger partial charge in [-0.3, -0.25) is 9.59 Å². The van der Waals surface area contributed by atoms with Crippen molar-refractivity contribution in [3.05, 3.63) is 22.1 Å². The van der Waals surface area contributed by atoms with Gasteiger partial charge in [-0.05, 0) is 12.8 Å². The first-order valence-corrected chi connectivity index (χ1v) is 7.44. The van der Waals surface area contributed by atoms with Crippen molar-refractivity contribution >= 4 is 17.7 Å². The molecule has 0 fully saturated rings. The molecule has 0 saturated heterocycles. The molecule has 1 atom stereocenters. The van der Waals surface area contributed by atoms with E-state index in [-0.39, 0.29) is 5.56 Å². The van der Waals surface area contributed by atoms with Gasteiger partial charge >= 0.3 is 5.97 Å². The van der Waals surface area contributed by atoms with Crippen LogP contribution < -0.4 is 5.56 Å². The highest BCUT2D eigenvalue weighted by Gasteiger charge is 2.19. The Morgan fingerprint density at radius 2 is 2.21 bits per heavy atom. The molecule has 0 aliphatic rings. The first-order valence-electron chi connectivity index (χ1n) is 6.56. The van der Waals surface area contributed by atoms with Crippen LogP contribution in [0.1, 0.15) is 45.2 Å². The van der Waals surface area contributed by atoms with Gasteiger partial charge in [0.15, 0.2) is 5.16 Å². The monoisotopic (exact) mass is 284 g/mol. The number of hydrogen-bond acceptors (Lipinski definition) is 4. The minimum Gasteiger partial charge on any atom is -0.480 e. The van der Waals surface area contributed by atoms with Gasteiger partial charge < -0.3 is 10.1 Å². The summed E-state index contributed by atoms with van der Waals surface area (Å²) in [5.74, 6) is -0.859. The van der Waals surface area contributed by atoms with E-state index in [0.717, 1.165) is 37.4 Å². The number of carboxylic acids is 1. The van der Waals surface area contributed by atoms with E-state index in [1.165, 1.54) is 6.07 Å². The van der Waals surface area contributed by atoms with Crippen LogP contribution in [0.3, 0.4) is 0 Å². The van der Waals surface area contributed by atoms with E-state index in [0.29, 0.717) is 17.3 Å². The molecule has 5 nitrogen and oxygen atoms in total. The van der Waals surface area contributed by atoms with Crippen LogP contribution >= 0.6 is 11.8 Å². The lowest BCUT2D eigenvalue weighted by atomic mass is 10.2. The van der Waals surface area contributed by atoms with Crippen molar-refractivity contribution in [3.63, 3.8) is 0 Å². The molecule has 106 valence electrons. The van der Waals surface area contributed by atoms with Crippen LogP contribution in [0.4, 0.5) is 0 Å². The number of thioether (sulfide) groups is 1. The molecule has 1 unspecified atom stereocenters. The first-order chi connectivity index (χ1) is 9.06. The maximum Gasteiger partial charge on any atom is 0.317 e. The maximum atomic E-state index is 11.5. The van der Waals surface area contributed by atoms with Crippen molar-refractivity contribution in [1.29, 1.82) is 0 Å². The van der Waals surface area contributed by atoms with Gasteiger partial charge in [0.25, 0.3) is 5.56 Å². The largest absolute Gasteiger partial charge is 0.480 e. The Morgan fingerprint density at radius 1 is 1.47 bits per heavy atom. The zero-order valence-corrected chi connectivity index (χ0v) is 12.1. The van der Waals surface area contributed by atoms with E-state index in [4.69, 9.17) is 5.11 Å². The number of hydrogen-bond donors (Lipinski definition) is 2. The maximum absolute atomic E-state index is 11.5. The van der Waals surface area contributed by atoms with Gasteiger partial charge in [0.1, 0.15) is 5.25 Å². The SMILES string of the molecule is CCCCC(Sc1nc(CCC)cc(=O)[nH]1)C(=O)O. The molecule has 0 aromatic carbocycles. The molecule has 0 aliphatic heterocycles. The fourth-order valence-corrected chi connectivity index (χ4v) is 2.66. The highest BCUT2D eigenvalue weighted by Crippen LogP contribution is 2.23. The van der Waals surface area contributed by atoms with Crippen molar-refractivity contribution in [2.45, 2.75) is 56.4 Å². The highest BCUT2D eigenvalue weighted by atomic mass is 32.2. The predicted molar refractivity (Wildman–Crippen MR) is 75.7 cm³/mol. The third-order valence-electron chi connectivity index (χ3n) is 2.63. The van der Waals surface area contributed by atoms with E-state index in [1.807, 2.05) is 13.8 Å². The molecule has 1 heterocycles. The molecule has 6 heteroatoms. The van der Waals surface area contributed by atoms with Crippen LogP contribution in [-0.4, -0.2) is 26.3 Å². The molecule has 0 bridgehead atoms. The minimum atomic E-state index is -0.859. The number of nitrogens with one attached hydrogen (secondary N) is 1. The lowest BCUT2D eigenvalue weighted by Gasteiger charge is -2.11. The van der Waals surface area contributed by atoms with Crippen LogP contribution in [0.2, 0.25) is 0 Å². The average molecular weight is 284 g/mol.